The molecule has 0 radical (unpaired) electrons. The number of aromatic nitrogens is 4. The van der Waals surface area contributed by atoms with Crippen molar-refractivity contribution in [3.05, 3.63) is 61.5 Å². The fraction of sp³-hybridized carbons (Fsp3) is 0.500. The molecule has 0 unspecified atom stereocenters. The maximum atomic E-state index is 13.7. The molecule has 0 aliphatic carbocycles. The minimum Gasteiger partial charge on any atom is -0.461 e. The number of rotatable bonds is 14. The number of aryl methyl sites for hydroxylation is 1. The van der Waals surface area contributed by atoms with Crippen LogP contribution in [0.15, 0.2) is 0 Å². The van der Waals surface area contributed by atoms with E-state index in [0.717, 1.165) is 44.6 Å². The highest BCUT2D eigenvalue weighted by molar-refractivity contribution is 5.95. The van der Waals surface area contributed by atoms with Crippen LogP contribution in [0.5, 0.6) is 0 Å². The topological polar surface area (TPSA) is 128 Å². The Labute approximate surface area is 270 Å². The van der Waals surface area contributed by atoms with Crippen LogP contribution in [0.4, 0.5) is 0 Å². The SMILES string of the molecule is CCOC(=O)c1[nH]c(/C=c2/nc(-c3[nH]c(C(=O)OCC)c(CC)c3CC)n3c(C(=O)OCC)c(CC)c(CC)c23)c(CC)c1CC. The number of aromatic amines is 2. The van der Waals surface area contributed by atoms with Crippen molar-refractivity contribution in [2.24, 2.45) is 0 Å². The lowest BCUT2D eigenvalue weighted by Crippen LogP contribution is -2.11. The lowest BCUT2D eigenvalue weighted by molar-refractivity contribution is 0.0508. The first-order valence-electron chi connectivity index (χ1n) is 16.8. The molecule has 248 valence electrons. The maximum Gasteiger partial charge on any atom is 0.355 e. The van der Waals surface area contributed by atoms with Crippen molar-refractivity contribution < 1.29 is 28.6 Å². The maximum absolute atomic E-state index is 13.7. The van der Waals surface area contributed by atoms with Crippen molar-refractivity contribution in [2.45, 2.75) is 101 Å². The second kappa shape index (κ2) is 14.8. The monoisotopic (exact) mass is 632 g/mol. The average Bonchev–Trinajstić information content (AvgIpc) is 3.79. The minimum absolute atomic E-state index is 0.230. The number of nitrogens with zero attached hydrogens (tertiary/aromatic N) is 2. The molecule has 0 spiro atoms. The number of carbonyl (C=O) groups excluding carboxylic acids is 3. The Hall–Kier alpha value is -4.34. The Morgan fingerprint density at radius 2 is 1.09 bits per heavy atom. The van der Waals surface area contributed by atoms with E-state index in [9.17, 15) is 14.4 Å². The summed E-state index contributed by atoms with van der Waals surface area (Å²) in [5.74, 6) is -0.713. The van der Waals surface area contributed by atoms with E-state index in [1.165, 1.54) is 0 Å². The molecule has 0 amide bonds. The fourth-order valence-corrected chi connectivity index (χ4v) is 6.77. The van der Waals surface area contributed by atoms with Crippen LogP contribution >= 0.6 is 0 Å². The summed E-state index contributed by atoms with van der Waals surface area (Å²) in [6, 6.07) is 0. The van der Waals surface area contributed by atoms with Gasteiger partial charge in [0.2, 0.25) is 0 Å². The van der Waals surface area contributed by atoms with Crippen LogP contribution in [0.3, 0.4) is 0 Å². The van der Waals surface area contributed by atoms with Crippen LogP contribution in [0, 0.1) is 0 Å². The van der Waals surface area contributed by atoms with Gasteiger partial charge >= 0.3 is 17.9 Å². The van der Waals surface area contributed by atoms with E-state index in [-0.39, 0.29) is 25.8 Å². The van der Waals surface area contributed by atoms with Crippen molar-refractivity contribution in [3.8, 4) is 11.5 Å². The number of nitrogens with one attached hydrogen (secondary N) is 2. The first-order chi connectivity index (χ1) is 22.2. The number of esters is 3. The van der Waals surface area contributed by atoms with E-state index >= 15 is 0 Å². The largest absolute Gasteiger partial charge is 0.461 e. The van der Waals surface area contributed by atoms with Crippen molar-refractivity contribution in [1.29, 1.82) is 0 Å². The van der Waals surface area contributed by atoms with Crippen LogP contribution in [0.25, 0.3) is 23.1 Å². The molecule has 0 aromatic carbocycles. The summed E-state index contributed by atoms with van der Waals surface area (Å²) in [4.78, 5) is 51.6. The summed E-state index contributed by atoms with van der Waals surface area (Å²) >= 11 is 0. The molecule has 0 aliphatic rings. The van der Waals surface area contributed by atoms with E-state index in [0.29, 0.717) is 72.5 Å². The van der Waals surface area contributed by atoms with Gasteiger partial charge in [0.25, 0.3) is 0 Å². The molecule has 10 heteroatoms. The zero-order valence-electron chi connectivity index (χ0n) is 28.8. The lowest BCUT2D eigenvalue weighted by Gasteiger charge is -2.08. The second-order valence-corrected chi connectivity index (χ2v) is 10.9. The van der Waals surface area contributed by atoms with Crippen LogP contribution in [0.2, 0.25) is 0 Å². The van der Waals surface area contributed by atoms with Gasteiger partial charge in [-0.05, 0) is 98.8 Å². The molecule has 2 N–H and O–H groups in total. The van der Waals surface area contributed by atoms with Gasteiger partial charge in [-0.3, -0.25) is 4.40 Å². The predicted octanol–water partition coefficient (Wildman–Crippen LogP) is 6.11. The third-order valence-corrected chi connectivity index (χ3v) is 8.59. The average molecular weight is 633 g/mol. The highest BCUT2D eigenvalue weighted by Crippen LogP contribution is 2.34. The lowest BCUT2D eigenvalue weighted by atomic mass is 10.0. The Morgan fingerprint density at radius 3 is 1.59 bits per heavy atom. The van der Waals surface area contributed by atoms with Crippen LogP contribution in [0.1, 0.15) is 133 Å². The summed E-state index contributed by atoms with van der Waals surface area (Å²) in [5.41, 5.74) is 9.21. The van der Waals surface area contributed by atoms with Gasteiger partial charge in [0, 0.05) is 5.69 Å². The molecular formula is C36H48N4O6. The molecule has 0 aliphatic heterocycles. The highest BCUT2D eigenvalue weighted by atomic mass is 16.5. The normalized spacial score (nSPS) is 11.9. The van der Waals surface area contributed by atoms with Gasteiger partial charge in [-0.1, -0.05) is 41.5 Å². The van der Waals surface area contributed by atoms with Crippen LogP contribution < -0.4 is 5.35 Å². The van der Waals surface area contributed by atoms with Crippen molar-refractivity contribution in [1.82, 2.24) is 19.4 Å². The fourth-order valence-electron chi connectivity index (χ4n) is 6.77. The van der Waals surface area contributed by atoms with Crippen molar-refractivity contribution in [2.75, 3.05) is 19.8 Å². The number of imidazole rings is 1. The first-order valence-corrected chi connectivity index (χ1v) is 16.8. The zero-order valence-corrected chi connectivity index (χ0v) is 28.8. The summed E-state index contributed by atoms with van der Waals surface area (Å²) in [6.45, 7) is 18.4. The third kappa shape index (κ3) is 5.85. The number of hydrogen-bond acceptors (Lipinski definition) is 7. The van der Waals surface area contributed by atoms with E-state index in [1.807, 2.05) is 38.2 Å². The van der Waals surface area contributed by atoms with Gasteiger partial charge in [0.1, 0.15) is 17.1 Å². The van der Waals surface area contributed by atoms with Gasteiger partial charge in [0.05, 0.1) is 36.4 Å². The van der Waals surface area contributed by atoms with Crippen LogP contribution in [-0.2, 0) is 52.7 Å². The smallest absolute Gasteiger partial charge is 0.355 e. The molecule has 10 nitrogen and oxygen atoms in total. The zero-order chi connectivity index (χ0) is 33.7. The molecule has 0 saturated carbocycles. The summed E-state index contributed by atoms with van der Waals surface area (Å²) in [6.07, 6.45) is 5.86. The first kappa shape index (κ1) is 34.5. The summed E-state index contributed by atoms with van der Waals surface area (Å²) in [7, 11) is 0. The number of fused-ring (bicyclic) bond motifs is 1. The summed E-state index contributed by atoms with van der Waals surface area (Å²) < 4.78 is 18.3. The number of hydrogen-bond donors (Lipinski definition) is 2. The van der Waals surface area contributed by atoms with Gasteiger partial charge < -0.3 is 24.2 Å². The molecular weight excluding hydrogens is 584 g/mol. The third-order valence-electron chi connectivity index (χ3n) is 8.59. The van der Waals surface area contributed by atoms with Gasteiger partial charge in [-0.25, -0.2) is 19.4 Å². The standard InChI is InChI=1S/C36H48N4O6/c1-10-20-21(11-2)29(34(41)44-16-7)37-26(20)19-27-31-24(14-5)25(15-6)32(36(43)46-18-9)40(31)33(38-27)28-22(12-3)23(13-4)30(39-28)35(42)45-17-8/h19,37,39H,10-18H2,1-9H3/b27-19+. The van der Waals surface area contributed by atoms with Crippen LogP contribution in [-0.4, -0.2) is 57.1 Å². The Balaban J connectivity index is 2.20. The van der Waals surface area contributed by atoms with E-state index in [2.05, 4.69) is 23.8 Å². The molecule has 4 heterocycles. The molecule has 46 heavy (non-hydrogen) atoms. The minimum atomic E-state index is -0.424. The van der Waals surface area contributed by atoms with Gasteiger partial charge in [0.15, 0.2) is 5.82 Å². The predicted molar refractivity (Wildman–Crippen MR) is 179 cm³/mol. The molecule has 4 rings (SSSR count). The Bertz CT molecular complexity index is 1810. The molecule has 4 aromatic heterocycles. The highest BCUT2D eigenvalue weighted by Gasteiger charge is 2.31. The number of carbonyl (C=O) groups is 3. The molecule has 4 aromatic rings. The molecule has 0 saturated heterocycles. The van der Waals surface area contributed by atoms with E-state index < -0.39 is 11.9 Å². The molecule has 0 bridgehead atoms. The van der Waals surface area contributed by atoms with Crippen molar-refractivity contribution in [3.63, 3.8) is 0 Å². The second-order valence-electron chi connectivity index (χ2n) is 10.9. The van der Waals surface area contributed by atoms with Crippen molar-refractivity contribution >= 4 is 29.5 Å². The Morgan fingerprint density at radius 1 is 0.609 bits per heavy atom. The quantitative estimate of drug-likeness (QED) is 0.127. The van der Waals surface area contributed by atoms with Gasteiger partial charge in [-0.15, -0.1) is 0 Å². The summed E-state index contributed by atoms with van der Waals surface area (Å²) in [5, 5.41) is 0.651. The van der Waals surface area contributed by atoms with E-state index in [4.69, 9.17) is 19.2 Å². The molecule has 0 atom stereocenters. The number of ether oxygens (including phenoxy) is 3. The van der Waals surface area contributed by atoms with E-state index in [1.54, 1.807) is 20.8 Å². The Kier molecular flexibility index (Phi) is 11.1. The molecule has 0 fully saturated rings. The number of H-pyrrole nitrogens is 2. The van der Waals surface area contributed by atoms with Gasteiger partial charge in [-0.2, -0.15) is 0 Å².